The summed E-state index contributed by atoms with van der Waals surface area (Å²) in [7, 11) is 0. The summed E-state index contributed by atoms with van der Waals surface area (Å²) in [6, 6.07) is 4.76. The van der Waals surface area contributed by atoms with Crippen LogP contribution in [-0.4, -0.2) is 12.6 Å². The standard InChI is InChI=1S/C16H21BrFNO2/c1-4-21-16(20)10-13(7-5-11(2)3)19-15-8-6-12(17)9-14(15)18/h6,8-11,19H,4-5,7H2,1-3H3/b13-10-. The SMILES string of the molecule is CCOC(=O)/C=C(/CCC(C)C)Nc1ccc(Br)cc1F. The summed E-state index contributed by atoms with van der Waals surface area (Å²) in [5, 5.41) is 2.98. The van der Waals surface area contributed by atoms with Crippen molar-refractivity contribution in [2.45, 2.75) is 33.6 Å². The Labute approximate surface area is 133 Å². The van der Waals surface area contributed by atoms with Gasteiger partial charge in [-0.15, -0.1) is 0 Å². The molecule has 0 atom stereocenters. The summed E-state index contributed by atoms with van der Waals surface area (Å²) in [6.07, 6.45) is 2.95. The molecule has 116 valence electrons. The summed E-state index contributed by atoms with van der Waals surface area (Å²) in [6.45, 7) is 6.27. The van der Waals surface area contributed by atoms with Gasteiger partial charge < -0.3 is 10.1 Å². The highest BCUT2D eigenvalue weighted by Crippen LogP contribution is 2.22. The van der Waals surface area contributed by atoms with Crippen LogP contribution in [0, 0.1) is 11.7 Å². The topological polar surface area (TPSA) is 38.3 Å². The zero-order chi connectivity index (χ0) is 15.8. The number of esters is 1. The Kier molecular flexibility index (Phi) is 7.43. The predicted octanol–water partition coefficient (Wildman–Crippen LogP) is 4.88. The maximum absolute atomic E-state index is 13.9. The molecule has 0 spiro atoms. The van der Waals surface area contributed by atoms with E-state index in [1.807, 2.05) is 0 Å². The van der Waals surface area contributed by atoms with Crippen LogP contribution in [0.5, 0.6) is 0 Å². The average molecular weight is 358 g/mol. The minimum absolute atomic E-state index is 0.319. The molecule has 1 rings (SSSR count). The molecule has 0 aliphatic heterocycles. The Morgan fingerprint density at radius 3 is 2.76 bits per heavy atom. The van der Waals surface area contributed by atoms with Gasteiger partial charge in [0.1, 0.15) is 5.82 Å². The van der Waals surface area contributed by atoms with E-state index in [0.29, 0.717) is 34.8 Å². The van der Waals surface area contributed by atoms with Crippen LogP contribution in [0.3, 0.4) is 0 Å². The second-order valence-corrected chi connectivity index (χ2v) is 6.02. The van der Waals surface area contributed by atoms with Gasteiger partial charge in [-0.25, -0.2) is 9.18 Å². The van der Waals surface area contributed by atoms with Crippen LogP contribution in [0.2, 0.25) is 0 Å². The third-order valence-corrected chi connectivity index (χ3v) is 3.29. The maximum atomic E-state index is 13.9. The molecule has 0 amide bonds. The van der Waals surface area contributed by atoms with Crippen molar-refractivity contribution >= 4 is 27.6 Å². The first-order valence-electron chi connectivity index (χ1n) is 7.01. The Hall–Kier alpha value is -1.36. The number of carbonyl (C=O) groups excluding carboxylic acids is 1. The van der Waals surface area contributed by atoms with E-state index in [1.165, 1.54) is 12.1 Å². The van der Waals surface area contributed by atoms with Gasteiger partial charge in [0.15, 0.2) is 0 Å². The van der Waals surface area contributed by atoms with Crippen molar-refractivity contribution in [1.82, 2.24) is 0 Å². The van der Waals surface area contributed by atoms with Crippen molar-refractivity contribution in [1.29, 1.82) is 0 Å². The zero-order valence-electron chi connectivity index (χ0n) is 12.6. The van der Waals surface area contributed by atoms with E-state index in [4.69, 9.17) is 4.74 Å². The van der Waals surface area contributed by atoms with Crippen LogP contribution in [0.25, 0.3) is 0 Å². The van der Waals surface area contributed by atoms with Gasteiger partial charge in [0.25, 0.3) is 0 Å². The number of carbonyl (C=O) groups is 1. The lowest BCUT2D eigenvalue weighted by atomic mass is 10.1. The van der Waals surface area contributed by atoms with Crippen molar-refractivity contribution in [2.24, 2.45) is 5.92 Å². The van der Waals surface area contributed by atoms with Crippen molar-refractivity contribution in [2.75, 3.05) is 11.9 Å². The first kappa shape index (κ1) is 17.7. The minimum atomic E-state index is -0.415. The fourth-order valence-corrected chi connectivity index (χ4v) is 2.04. The smallest absolute Gasteiger partial charge is 0.332 e. The fraction of sp³-hybridized carbons (Fsp3) is 0.438. The van der Waals surface area contributed by atoms with Crippen LogP contribution in [-0.2, 0) is 9.53 Å². The lowest BCUT2D eigenvalue weighted by Crippen LogP contribution is -2.08. The first-order valence-corrected chi connectivity index (χ1v) is 7.81. The van der Waals surface area contributed by atoms with Gasteiger partial charge >= 0.3 is 5.97 Å². The third kappa shape index (κ3) is 6.76. The lowest BCUT2D eigenvalue weighted by Gasteiger charge is -2.13. The molecular weight excluding hydrogens is 337 g/mol. The largest absolute Gasteiger partial charge is 0.463 e. The maximum Gasteiger partial charge on any atom is 0.332 e. The summed E-state index contributed by atoms with van der Waals surface area (Å²) in [4.78, 5) is 11.6. The number of anilines is 1. The van der Waals surface area contributed by atoms with Crippen molar-refractivity contribution in [3.63, 3.8) is 0 Å². The third-order valence-electron chi connectivity index (χ3n) is 2.80. The molecule has 5 heteroatoms. The highest BCUT2D eigenvalue weighted by Gasteiger charge is 2.08. The highest BCUT2D eigenvalue weighted by atomic mass is 79.9. The Bertz CT molecular complexity index is 515. The second-order valence-electron chi connectivity index (χ2n) is 5.10. The van der Waals surface area contributed by atoms with E-state index in [9.17, 15) is 9.18 Å². The molecular formula is C16H21BrFNO2. The Balaban J connectivity index is 2.87. The van der Waals surface area contributed by atoms with Gasteiger partial charge in [0.2, 0.25) is 0 Å². The van der Waals surface area contributed by atoms with Gasteiger partial charge in [-0.3, -0.25) is 0 Å². The normalized spacial score (nSPS) is 11.6. The highest BCUT2D eigenvalue weighted by molar-refractivity contribution is 9.10. The first-order chi connectivity index (χ1) is 9.92. The van der Waals surface area contributed by atoms with Crippen LogP contribution < -0.4 is 5.32 Å². The summed E-state index contributed by atoms with van der Waals surface area (Å²) < 4.78 is 19.4. The van der Waals surface area contributed by atoms with Crippen molar-refractivity contribution < 1.29 is 13.9 Å². The second kappa shape index (κ2) is 8.82. The van der Waals surface area contributed by atoms with E-state index in [2.05, 4.69) is 35.1 Å². The number of nitrogens with one attached hydrogen (secondary N) is 1. The van der Waals surface area contributed by atoms with Crippen LogP contribution >= 0.6 is 15.9 Å². The minimum Gasteiger partial charge on any atom is -0.463 e. The molecule has 1 aromatic carbocycles. The molecule has 0 aliphatic rings. The number of hydrogen-bond acceptors (Lipinski definition) is 3. The number of halogens is 2. The number of benzene rings is 1. The Morgan fingerprint density at radius 2 is 2.19 bits per heavy atom. The van der Waals surface area contributed by atoms with Gasteiger partial charge in [-0.05, 0) is 43.9 Å². The molecule has 0 heterocycles. The summed E-state index contributed by atoms with van der Waals surface area (Å²) >= 11 is 3.22. The fourth-order valence-electron chi connectivity index (χ4n) is 1.70. The molecule has 0 aliphatic carbocycles. The number of hydrogen-bond donors (Lipinski definition) is 1. The molecule has 0 saturated heterocycles. The summed E-state index contributed by atoms with van der Waals surface area (Å²) in [5.74, 6) is -0.294. The van der Waals surface area contributed by atoms with Gasteiger partial charge in [0, 0.05) is 16.2 Å². The van der Waals surface area contributed by atoms with Gasteiger partial charge in [-0.2, -0.15) is 0 Å². The molecule has 0 bridgehead atoms. The predicted molar refractivity (Wildman–Crippen MR) is 86.5 cm³/mol. The van der Waals surface area contributed by atoms with Gasteiger partial charge in [-0.1, -0.05) is 29.8 Å². The molecule has 1 N–H and O–H groups in total. The quantitative estimate of drug-likeness (QED) is 0.558. The van der Waals surface area contributed by atoms with E-state index in [-0.39, 0.29) is 5.82 Å². The summed E-state index contributed by atoms with van der Waals surface area (Å²) in [5.41, 5.74) is 1.00. The molecule has 0 unspecified atom stereocenters. The Morgan fingerprint density at radius 1 is 1.48 bits per heavy atom. The van der Waals surface area contributed by atoms with Gasteiger partial charge in [0.05, 0.1) is 12.3 Å². The lowest BCUT2D eigenvalue weighted by molar-refractivity contribution is -0.137. The van der Waals surface area contributed by atoms with Crippen LogP contribution in [0.15, 0.2) is 34.4 Å². The molecule has 3 nitrogen and oxygen atoms in total. The van der Waals surface area contributed by atoms with E-state index in [1.54, 1.807) is 19.1 Å². The number of allylic oxidation sites excluding steroid dienone is 1. The van der Waals surface area contributed by atoms with Crippen molar-refractivity contribution in [3.8, 4) is 0 Å². The van der Waals surface area contributed by atoms with Crippen LogP contribution in [0.1, 0.15) is 33.6 Å². The van der Waals surface area contributed by atoms with Crippen LogP contribution in [0.4, 0.5) is 10.1 Å². The molecule has 0 radical (unpaired) electrons. The zero-order valence-corrected chi connectivity index (χ0v) is 14.2. The molecule has 0 saturated carbocycles. The molecule has 1 aromatic rings. The number of ether oxygens (including phenoxy) is 1. The van der Waals surface area contributed by atoms with E-state index in [0.717, 1.165) is 6.42 Å². The monoisotopic (exact) mass is 357 g/mol. The average Bonchev–Trinajstić information content (AvgIpc) is 2.39. The van der Waals surface area contributed by atoms with E-state index >= 15 is 0 Å². The van der Waals surface area contributed by atoms with Crippen molar-refractivity contribution in [3.05, 3.63) is 40.3 Å². The molecule has 21 heavy (non-hydrogen) atoms. The molecule has 0 aromatic heterocycles. The van der Waals surface area contributed by atoms with E-state index < -0.39 is 5.97 Å². The number of rotatable bonds is 7. The molecule has 0 fully saturated rings.